The third-order valence-electron chi connectivity index (χ3n) is 6.12. The van der Waals surface area contributed by atoms with E-state index in [1.807, 2.05) is 60.7 Å². The lowest BCUT2D eigenvalue weighted by Gasteiger charge is -2.17. The molecule has 0 spiro atoms. The zero-order valence-corrected chi connectivity index (χ0v) is 20.3. The second kappa shape index (κ2) is 10.0. The molecule has 186 valence electrons. The summed E-state index contributed by atoms with van der Waals surface area (Å²) in [6.45, 7) is -0.419. The first-order valence-corrected chi connectivity index (χ1v) is 11.6. The standard InChI is InChI=1S/C29H24N2O6/c1-35-25-12-9-18(13-26(25)36-2)21-14-24(17-7-10-19(11-8-17)37-16-28(33)34)31-29-20-5-3-4-6-23(20)30-27(32)15-22(21)29/h3-14H,15-16H2,1-2H3,(H,30,32)(H,33,34). The third kappa shape index (κ3) is 4.81. The molecule has 0 saturated carbocycles. The number of carbonyl (C=O) groups is 2. The highest BCUT2D eigenvalue weighted by atomic mass is 16.5. The molecule has 0 saturated heterocycles. The van der Waals surface area contributed by atoms with Crippen molar-refractivity contribution in [2.24, 2.45) is 0 Å². The minimum Gasteiger partial charge on any atom is -0.493 e. The molecule has 0 fully saturated rings. The minimum absolute atomic E-state index is 0.123. The number of anilines is 1. The predicted molar refractivity (Wildman–Crippen MR) is 139 cm³/mol. The van der Waals surface area contributed by atoms with Gasteiger partial charge in [0.1, 0.15) is 5.75 Å². The first-order valence-electron chi connectivity index (χ1n) is 11.6. The van der Waals surface area contributed by atoms with Crippen molar-refractivity contribution < 1.29 is 28.9 Å². The first kappa shape index (κ1) is 23.9. The van der Waals surface area contributed by atoms with Gasteiger partial charge in [-0.15, -0.1) is 0 Å². The van der Waals surface area contributed by atoms with Gasteiger partial charge in [0.15, 0.2) is 18.1 Å². The van der Waals surface area contributed by atoms with Crippen LogP contribution in [0.1, 0.15) is 5.56 Å². The first-order chi connectivity index (χ1) is 18.0. The fourth-order valence-electron chi connectivity index (χ4n) is 4.40. The van der Waals surface area contributed by atoms with Crippen molar-refractivity contribution in [2.75, 3.05) is 26.1 Å². The van der Waals surface area contributed by atoms with Crippen LogP contribution >= 0.6 is 0 Å². The molecule has 0 radical (unpaired) electrons. The zero-order valence-electron chi connectivity index (χ0n) is 20.3. The van der Waals surface area contributed by atoms with Gasteiger partial charge < -0.3 is 24.6 Å². The molecule has 0 bridgehead atoms. The number of carboxylic acid groups (broad SMARTS) is 1. The van der Waals surface area contributed by atoms with Crippen LogP contribution in [0.2, 0.25) is 0 Å². The van der Waals surface area contributed by atoms with Crippen molar-refractivity contribution in [3.8, 4) is 50.9 Å². The van der Waals surface area contributed by atoms with Crippen LogP contribution in [0.3, 0.4) is 0 Å². The Hall–Kier alpha value is -4.85. The third-order valence-corrected chi connectivity index (χ3v) is 6.12. The van der Waals surface area contributed by atoms with Gasteiger partial charge in [0, 0.05) is 11.1 Å². The number of para-hydroxylation sites is 1. The molecule has 0 aliphatic carbocycles. The monoisotopic (exact) mass is 496 g/mol. The molecular weight excluding hydrogens is 472 g/mol. The van der Waals surface area contributed by atoms with Gasteiger partial charge in [0.25, 0.3) is 0 Å². The number of aromatic nitrogens is 1. The number of carboxylic acids is 1. The molecule has 1 amide bonds. The smallest absolute Gasteiger partial charge is 0.341 e. The van der Waals surface area contributed by atoms with Gasteiger partial charge in [0.2, 0.25) is 5.91 Å². The molecule has 2 N–H and O–H groups in total. The maximum Gasteiger partial charge on any atom is 0.341 e. The van der Waals surface area contributed by atoms with E-state index in [1.54, 1.807) is 26.4 Å². The summed E-state index contributed by atoms with van der Waals surface area (Å²) in [4.78, 5) is 28.7. The topological polar surface area (TPSA) is 107 Å². The van der Waals surface area contributed by atoms with Crippen LogP contribution in [0.4, 0.5) is 5.69 Å². The Morgan fingerprint density at radius 1 is 0.919 bits per heavy atom. The lowest BCUT2D eigenvalue weighted by atomic mass is 9.92. The number of pyridine rings is 1. The minimum atomic E-state index is -1.04. The van der Waals surface area contributed by atoms with Crippen LogP contribution in [0.15, 0.2) is 72.8 Å². The maximum absolute atomic E-state index is 12.9. The number of aliphatic carboxylic acids is 1. The molecule has 2 heterocycles. The summed E-state index contributed by atoms with van der Waals surface area (Å²) in [5.41, 5.74) is 6.25. The number of benzene rings is 3. The van der Waals surface area contributed by atoms with Gasteiger partial charge in [-0.2, -0.15) is 0 Å². The largest absolute Gasteiger partial charge is 0.493 e. The number of rotatable bonds is 7. The van der Waals surface area contributed by atoms with Crippen molar-refractivity contribution in [2.45, 2.75) is 6.42 Å². The Kier molecular flexibility index (Phi) is 6.47. The molecule has 0 atom stereocenters. The van der Waals surface area contributed by atoms with E-state index in [1.165, 1.54) is 0 Å². The quantitative estimate of drug-likeness (QED) is 0.368. The SMILES string of the molecule is COc1ccc(-c2cc(-c3ccc(OCC(=O)O)cc3)nc3c2CC(=O)Nc2ccccc2-3)cc1OC. The van der Waals surface area contributed by atoms with Gasteiger partial charge in [-0.3, -0.25) is 4.79 Å². The van der Waals surface area contributed by atoms with Crippen molar-refractivity contribution in [1.29, 1.82) is 0 Å². The fourth-order valence-corrected chi connectivity index (χ4v) is 4.40. The van der Waals surface area contributed by atoms with Crippen LogP contribution in [-0.2, 0) is 16.0 Å². The van der Waals surface area contributed by atoms with Crippen molar-refractivity contribution in [3.63, 3.8) is 0 Å². The molecule has 8 heteroatoms. The number of nitrogens with one attached hydrogen (secondary N) is 1. The van der Waals surface area contributed by atoms with Crippen LogP contribution < -0.4 is 19.5 Å². The highest BCUT2D eigenvalue weighted by Gasteiger charge is 2.25. The highest BCUT2D eigenvalue weighted by Crippen LogP contribution is 2.41. The van der Waals surface area contributed by atoms with Gasteiger partial charge >= 0.3 is 5.97 Å². The molecule has 8 nitrogen and oxygen atoms in total. The van der Waals surface area contributed by atoms with Crippen LogP contribution in [0.25, 0.3) is 33.6 Å². The van der Waals surface area contributed by atoms with Gasteiger partial charge in [-0.25, -0.2) is 9.78 Å². The Balaban J connectivity index is 1.70. The van der Waals surface area contributed by atoms with Crippen LogP contribution in [0, 0.1) is 0 Å². The fraction of sp³-hybridized carbons (Fsp3) is 0.138. The summed E-state index contributed by atoms with van der Waals surface area (Å²) in [7, 11) is 3.16. The second-order valence-electron chi connectivity index (χ2n) is 8.43. The highest BCUT2D eigenvalue weighted by molar-refractivity contribution is 6.02. The van der Waals surface area contributed by atoms with Gasteiger partial charge in [-0.1, -0.05) is 24.3 Å². The van der Waals surface area contributed by atoms with Gasteiger partial charge in [0.05, 0.1) is 37.7 Å². The number of ether oxygens (including phenoxy) is 3. The molecular formula is C29H24N2O6. The van der Waals surface area contributed by atoms with Crippen molar-refractivity contribution in [3.05, 3.63) is 78.4 Å². The number of fused-ring (bicyclic) bond motifs is 3. The summed E-state index contributed by atoms with van der Waals surface area (Å²) >= 11 is 0. The molecule has 3 aromatic carbocycles. The van der Waals surface area contributed by atoms with E-state index in [-0.39, 0.29) is 12.3 Å². The molecule has 1 aromatic heterocycles. The van der Waals surface area contributed by atoms with E-state index in [4.69, 9.17) is 24.3 Å². The summed E-state index contributed by atoms with van der Waals surface area (Å²) in [6, 6.07) is 22.3. The normalized spacial score (nSPS) is 12.0. The number of hydrogen-bond acceptors (Lipinski definition) is 6. The number of methoxy groups -OCH3 is 2. The summed E-state index contributed by atoms with van der Waals surface area (Å²) in [5.74, 6) is 0.457. The summed E-state index contributed by atoms with van der Waals surface area (Å²) < 4.78 is 16.2. The molecule has 37 heavy (non-hydrogen) atoms. The van der Waals surface area contributed by atoms with E-state index >= 15 is 0 Å². The van der Waals surface area contributed by atoms with Gasteiger partial charge in [-0.05, 0) is 65.2 Å². The summed E-state index contributed by atoms with van der Waals surface area (Å²) in [5, 5.41) is 11.9. The van der Waals surface area contributed by atoms with Crippen LogP contribution in [0.5, 0.6) is 17.2 Å². The molecule has 0 unspecified atom stereocenters. The number of amides is 1. The number of nitrogens with zero attached hydrogens (tertiary/aromatic N) is 1. The van der Waals surface area contributed by atoms with E-state index in [9.17, 15) is 9.59 Å². The Labute approximate surface area is 213 Å². The Morgan fingerprint density at radius 2 is 1.65 bits per heavy atom. The maximum atomic E-state index is 12.9. The van der Waals surface area contributed by atoms with Crippen LogP contribution in [-0.4, -0.2) is 42.8 Å². The van der Waals surface area contributed by atoms with E-state index in [2.05, 4.69) is 5.32 Å². The predicted octanol–water partition coefficient (Wildman–Crippen LogP) is 5.06. The lowest BCUT2D eigenvalue weighted by molar-refractivity contribution is -0.139. The zero-order chi connectivity index (χ0) is 25.9. The molecule has 1 aliphatic rings. The molecule has 4 aromatic rings. The molecule has 1 aliphatic heterocycles. The van der Waals surface area contributed by atoms with E-state index in [0.29, 0.717) is 34.3 Å². The van der Waals surface area contributed by atoms with E-state index < -0.39 is 12.6 Å². The molecule has 5 rings (SSSR count). The average molecular weight is 497 g/mol. The number of carbonyl (C=O) groups excluding carboxylic acids is 1. The lowest BCUT2D eigenvalue weighted by Crippen LogP contribution is -2.13. The van der Waals surface area contributed by atoms with Crippen molar-refractivity contribution >= 4 is 17.6 Å². The number of hydrogen-bond donors (Lipinski definition) is 2. The van der Waals surface area contributed by atoms with E-state index in [0.717, 1.165) is 27.8 Å². The second-order valence-corrected chi connectivity index (χ2v) is 8.43. The Bertz CT molecular complexity index is 1500. The average Bonchev–Trinajstić information content (AvgIpc) is 3.06. The summed E-state index contributed by atoms with van der Waals surface area (Å²) in [6.07, 6.45) is 0.156. The Morgan fingerprint density at radius 3 is 2.38 bits per heavy atom. The van der Waals surface area contributed by atoms with Crippen molar-refractivity contribution in [1.82, 2.24) is 4.98 Å².